The Morgan fingerprint density at radius 1 is 1.00 bits per heavy atom. The smallest absolute Gasteiger partial charge is 0.475 e. The van der Waals surface area contributed by atoms with Crippen LogP contribution < -0.4 is 0 Å². The maximum absolute atomic E-state index is 12.7. The van der Waals surface area contributed by atoms with Gasteiger partial charge in [0.05, 0.1) is 0 Å². The summed E-state index contributed by atoms with van der Waals surface area (Å²) in [7, 11) is -1.74. The second kappa shape index (κ2) is 6.00. The molecule has 0 radical (unpaired) electrons. The van der Waals surface area contributed by atoms with Crippen LogP contribution in [-0.2, 0) is 15.5 Å². The van der Waals surface area contributed by atoms with E-state index in [-0.39, 0.29) is 5.03 Å². The lowest BCUT2D eigenvalue weighted by molar-refractivity contribution is 0.0238. The second-order valence-corrected chi connectivity index (χ2v) is 6.28. The molecular formula is C16H13N2O3S+. The molecular weight excluding hydrogens is 300 g/mol. The molecule has 0 aromatic heterocycles. The largest absolute Gasteiger partial charge is 0.528 e. The Morgan fingerprint density at radius 2 is 1.55 bits per heavy atom. The Hall–Kier alpha value is -2.65. The van der Waals surface area contributed by atoms with Crippen LogP contribution in [0.25, 0.3) is 4.98 Å². The van der Waals surface area contributed by atoms with E-state index >= 15 is 0 Å². The van der Waals surface area contributed by atoms with E-state index in [2.05, 4.69) is 4.98 Å². The molecule has 0 saturated heterocycles. The summed E-state index contributed by atoms with van der Waals surface area (Å²) in [5.74, 6) is -0.609. The highest BCUT2D eigenvalue weighted by Gasteiger charge is 2.47. The fourth-order valence-electron chi connectivity index (χ4n) is 2.46. The Morgan fingerprint density at radius 3 is 2.09 bits per heavy atom. The molecule has 22 heavy (non-hydrogen) atoms. The summed E-state index contributed by atoms with van der Waals surface area (Å²) in [6, 6.07) is 18.4. The Balaban J connectivity index is 2.13. The monoisotopic (exact) mass is 313 g/mol. The first kappa shape index (κ1) is 14.3. The number of aliphatic hydroxyl groups is 1. The summed E-state index contributed by atoms with van der Waals surface area (Å²) < 4.78 is 18.2. The lowest BCUT2D eigenvalue weighted by Gasteiger charge is -2.28. The average Bonchev–Trinajstić information content (AvgIpc) is 2.56. The van der Waals surface area contributed by atoms with E-state index < -0.39 is 28.1 Å². The van der Waals surface area contributed by atoms with Crippen molar-refractivity contribution in [2.45, 2.75) is 11.4 Å². The quantitative estimate of drug-likeness (QED) is 0.856. The molecule has 1 aliphatic rings. The molecule has 0 fully saturated rings. The van der Waals surface area contributed by atoms with Gasteiger partial charge in [0.25, 0.3) is 0 Å². The Labute approximate surface area is 129 Å². The van der Waals surface area contributed by atoms with Gasteiger partial charge in [-0.1, -0.05) is 60.7 Å². The summed E-state index contributed by atoms with van der Waals surface area (Å²) in [5, 5.41) is 17.9. The van der Waals surface area contributed by atoms with Crippen LogP contribution in [0, 0.1) is 5.39 Å². The third kappa shape index (κ3) is 2.47. The number of hydrogen-bond acceptors (Lipinski definition) is 4. The van der Waals surface area contributed by atoms with Gasteiger partial charge < -0.3 is 9.84 Å². The lowest BCUT2D eigenvalue weighted by atomic mass is 10.0. The van der Waals surface area contributed by atoms with Crippen molar-refractivity contribution in [3.05, 3.63) is 87.7 Å². The lowest BCUT2D eigenvalue weighted by Crippen LogP contribution is -2.25. The molecule has 0 amide bonds. The minimum absolute atomic E-state index is 0.346. The first-order valence-corrected chi connectivity index (χ1v) is 7.89. The fraction of sp³-hybridized carbons (Fsp3) is 0.125. The minimum Gasteiger partial charge on any atom is -0.475 e. The summed E-state index contributed by atoms with van der Waals surface area (Å²) >= 11 is 0. The number of rotatable bonds is 2. The average molecular weight is 313 g/mol. The van der Waals surface area contributed by atoms with Crippen molar-refractivity contribution in [2.24, 2.45) is 0 Å². The van der Waals surface area contributed by atoms with Gasteiger partial charge in [-0.15, -0.1) is 0 Å². The third-order valence-corrected chi connectivity index (χ3v) is 5.08. The predicted octanol–water partition coefficient (Wildman–Crippen LogP) is 3.79. The molecule has 2 aromatic rings. The zero-order valence-electron chi connectivity index (χ0n) is 11.5. The van der Waals surface area contributed by atoms with Gasteiger partial charge in [0.1, 0.15) is 11.4 Å². The van der Waals surface area contributed by atoms with Crippen LogP contribution in [0.5, 0.6) is 0 Å². The van der Waals surface area contributed by atoms with Crippen molar-refractivity contribution in [3.63, 3.8) is 0 Å². The maximum atomic E-state index is 12.7. The number of nitrogens with zero attached hydrogens (tertiary/aromatic N) is 2. The third-order valence-electron chi connectivity index (χ3n) is 3.46. The first-order chi connectivity index (χ1) is 10.7. The maximum Gasteiger partial charge on any atom is 0.528 e. The summed E-state index contributed by atoms with van der Waals surface area (Å²) in [6.45, 7) is 0. The van der Waals surface area contributed by atoms with Crippen LogP contribution >= 0.6 is 0 Å². The molecule has 5 nitrogen and oxygen atoms in total. The fourth-order valence-corrected chi connectivity index (χ4v) is 3.84. The highest BCUT2D eigenvalue weighted by molar-refractivity contribution is 7.89. The molecule has 1 heterocycles. The Kier molecular flexibility index (Phi) is 3.90. The summed E-state index contributed by atoms with van der Waals surface area (Å²) in [5.41, 5.74) is 1.57. The normalized spacial score (nSPS) is 24.4. The molecule has 0 spiro atoms. The van der Waals surface area contributed by atoms with Crippen LogP contribution in [0.2, 0.25) is 0 Å². The number of hydrogen-bond donors (Lipinski definition) is 1. The topological polar surface area (TPSA) is 74.7 Å². The summed E-state index contributed by atoms with van der Waals surface area (Å²) in [6.07, 6.45) is -0.630. The van der Waals surface area contributed by atoms with Gasteiger partial charge in [-0.25, -0.2) is 4.21 Å². The summed E-state index contributed by atoms with van der Waals surface area (Å²) in [4.78, 5) is 2.92. The van der Waals surface area contributed by atoms with Gasteiger partial charge in [-0.2, -0.15) is 0 Å². The number of ether oxygens (including phenoxy) is 1. The van der Waals surface area contributed by atoms with Gasteiger partial charge in [-0.05, 0) is 11.1 Å². The van der Waals surface area contributed by atoms with E-state index in [1.54, 1.807) is 0 Å². The van der Waals surface area contributed by atoms with Gasteiger partial charge in [0.15, 0.2) is 15.8 Å². The molecule has 1 unspecified atom stereocenters. The second-order valence-electron chi connectivity index (χ2n) is 4.79. The van der Waals surface area contributed by atoms with Crippen LogP contribution in [-0.4, -0.2) is 9.32 Å². The molecule has 0 aliphatic carbocycles. The van der Waals surface area contributed by atoms with Crippen LogP contribution in [0.1, 0.15) is 22.5 Å². The van der Waals surface area contributed by atoms with Crippen molar-refractivity contribution in [3.8, 4) is 0 Å². The van der Waals surface area contributed by atoms with E-state index in [4.69, 9.17) is 10.1 Å². The van der Waals surface area contributed by atoms with Crippen molar-refractivity contribution in [1.29, 1.82) is 5.39 Å². The highest BCUT2D eigenvalue weighted by Crippen LogP contribution is 2.44. The number of benzene rings is 2. The standard InChI is InChI=1S/C16H12N2O3S/c17-18-15-16(19)21-13(11-7-3-1-4-8-11)14(22(15)20)12-9-5-2-6-10-12/h1-10,13-14H/p+1/t13-,14-,22?/m1/s1. The zero-order chi connectivity index (χ0) is 15.5. The molecule has 1 N–H and O–H groups in total. The molecule has 110 valence electrons. The molecule has 6 heteroatoms. The zero-order valence-corrected chi connectivity index (χ0v) is 12.3. The molecule has 3 rings (SSSR count). The van der Waals surface area contributed by atoms with Gasteiger partial charge in [-0.3, -0.25) is 0 Å². The van der Waals surface area contributed by atoms with E-state index in [1.807, 2.05) is 60.7 Å². The van der Waals surface area contributed by atoms with Crippen molar-refractivity contribution < 1.29 is 14.1 Å². The molecule has 1 aliphatic heterocycles. The van der Waals surface area contributed by atoms with Gasteiger partial charge >= 0.3 is 11.0 Å². The highest BCUT2D eigenvalue weighted by atomic mass is 32.2. The Bertz CT molecular complexity index is 769. The molecule has 3 atom stereocenters. The predicted molar refractivity (Wildman–Crippen MR) is 82.3 cm³/mol. The van der Waals surface area contributed by atoms with E-state index in [0.717, 1.165) is 11.1 Å². The van der Waals surface area contributed by atoms with Crippen molar-refractivity contribution >= 4 is 10.8 Å². The minimum atomic E-state index is -1.74. The molecule has 2 aromatic carbocycles. The number of diazo groups is 1. The number of aliphatic hydroxyl groups excluding tert-OH is 1. The van der Waals surface area contributed by atoms with Crippen LogP contribution in [0.3, 0.4) is 0 Å². The van der Waals surface area contributed by atoms with Crippen molar-refractivity contribution in [1.82, 2.24) is 0 Å². The van der Waals surface area contributed by atoms with E-state index in [9.17, 15) is 9.32 Å². The van der Waals surface area contributed by atoms with E-state index in [1.165, 1.54) is 0 Å². The van der Waals surface area contributed by atoms with Crippen molar-refractivity contribution in [2.75, 3.05) is 0 Å². The van der Waals surface area contributed by atoms with Crippen LogP contribution in [0.4, 0.5) is 0 Å². The SMILES string of the molecule is N#[N+]C1=C(O)O[C@H](c2ccccc2)[C@@H](c2ccccc2)S1=O. The first-order valence-electron chi connectivity index (χ1n) is 6.68. The van der Waals surface area contributed by atoms with Crippen LogP contribution in [0.15, 0.2) is 71.6 Å². The van der Waals surface area contributed by atoms with Gasteiger partial charge in [0.2, 0.25) is 5.39 Å². The molecule has 0 saturated carbocycles. The van der Waals surface area contributed by atoms with Gasteiger partial charge in [0, 0.05) is 0 Å². The molecule has 0 bridgehead atoms. The van der Waals surface area contributed by atoms with E-state index in [0.29, 0.717) is 0 Å².